The normalized spacial score (nSPS) is 17.1. The third-order valence-corrected chi connectivity index (χ3v) is 6.65. The molecule has 1 aliphatic heterocycles. The number of halogens is 2. The molecule has 1 amide bonds. The van der Waals surface area contributed by atoms with Crippen molar-refractivity contribution < 1.29 is 24.2 Å². The summed E-state index contributed by atoms with van der Waals surface area (Å²) in [5.74, 6) is -1.90. The summed E-state index contributed by atoms with van der Waals surface area (Å²) in [6.45, 7) is 3.88. The van der Waals surface area contributed by atoms with Gasteiger partial charge < -0.3 is 14.6 Å². The molecule has 7 nitrogen and oxygen atoms in total. The van der Waals surface area contributed by atoms with Crippen molar-refractivity contribution in [3.05, 3.63) is 86.7 Å². The highest BCUT2D eigenvalue weighted by molar-refractivity contribution is 6.52. The lowest BCUT2D eigenvalue weighted by molar-refractivity contribution is -0.132. The number of nitrogens with zero attached hydrogens (tertiary/aromatic N) is 2. The third-order valence-electron chi connectivity index (χ3n) is 6.03. The number of aliphatic hydroxyl groups is 1. The van der Waals surface area contributed by atoms with Crippen LogP contribution in [0.4, 0.5) is 5.69 Å². The summed E-state index contributed by atoms with van der Waals surface area (Å²) in [7, 11) is 2.75. The van der Waals surface area contributed by atoms with E-state index in [0.717, 1.165) is 11.1 Å². The standard InChI is InChI=1S/C26H22Cl2N2O5/c1-13-5-6-16(11-14(13)2)30-21(15-7-9-29-10-8-15)19(23(32)26(30)33)22(31)17-12-18(27)25(35-4)20(28)24(17)34-3/h5-12,21,31H,1-4H3/b22-19+. The molecule has 0 saturated carbocycles. The van der Waals surface area contributed by atoms with Crippen LogP contribution in [0, 0.1) is 13.8 Å². The lowest BCUT2D eigenvalue weighted by atomic mass is 9.95. The monoisotopic (exact) mass is 512 g/mol. The second-order valence-corrected chi connectivity index (χ2v) is 8.79. The number of ketones is 1. The number of aromatic nitrogens is 1. The Morgan fingerprint density at radius 3 is 2.23 bits per heavy atom. The molecule has 1 fully saturated rings. The number of Topliss-reactive ketones (excluding diaryl/α,β-unsaturated/α-hetero) is 1. The van der Waals surface area contributed by atoms with Crippen LogP contribution in [-0.2, 0) is 9.59 Å². The Labute approximate surface area is 212 Å². The van der Waals surface area contributed by atoms with Gasteiger partial charge in [-0.05, 0) is 60.9 Å². The molecule has 1 aromatic heterocycles. The van der Waals surface area contributed by atoms with Crippen molar-refractivity contribution in [3.63, 3.8) is 0 Å². The van der Waals surface area contributed by atoms with Gasteiger partial charge in [0.05, 0.1) is 36.4 Å². The summed E-state index contributed by atoms with van der Waals surface area (Å²) >= 11 is 12.7. The fourth-order valence-corrected chi connectivity index (χ4v) is 4.81. The number of hydrogen-bond donors (Lipinski definition) is 1. The van der Waals surface area contributed by atoms with E-state index in [-0.39, 0.29) is 32.7 Å². The molecule has 1 aliphatic rings. The van der Waals surface area contributed by atoms with Gasteiger partial charge in [-0.25, -0.2) is 0 Å². The molecule has 9 heteroatoms. The molecule has 35 heavy (non-hydrogen) atoms. The highest BCUT2D eigenvalue weighted by Crippen LogP contribution is 2.48. The largest absolute Gasteiger partial charge is 0.507 e. The number of benzene rings is 2. The molecule has 2 aromatic carbocycles. The molecule has 4 rings (SSSR count). The van der Waals surface area contributed by atoms with E-state index in [1.165, 1.54) is 25.2 Å². The molecule has 0 bridgehead atoms. The molecule has 0 aliphatic carbocycles. The van der Waals surface area contributed by atoms with Crippen LogP contribution in [0.5, 0.6) is 11.5 Å². The number of anilines is 1. The second kappa shape index (κ2) is 9.60. The van der Waals surface area contributed by atoms with E-state index in [9.17, 15) is 14.7 Å². The molecule has 0 radical (unpaired) electrons. The maximum Gasteiger partial charge on any atom is 0.300 e. The minimum atomic E-state index is -0.926. The number of ether oxygens (including phenoxy) is 2. The first-order valence-electron chi connectivity index (χ1n) is 10.6. The van der Waals surface area contributed by atoms with Crippen LogP contribution in [0.2, 0.25) is 10.0 Å². The van der Waals surface area contributed by atoms with Crippen LogP contribution < -0.4 is 14.4 Å². The molecule has 1 saturated heterocycles. The van der Waals surface area contributed by atoms with Crippen LogP contribution in [-0.4, -0.2) is 36.0 Å². The van der Waals surface area contributed by atoms with Crippen molar-refractivity contribution in [1.29, 1.82) is 0 Å². The fourth-order valence-electron chi connectivity index (χ4n) is 4.13. The number of carbonyl (C=O) groups is 2. The average molecular weight is 513 g/mol. The van der Waals surface area contributed by atoms with Gasteiger partial charge in [0.1, 0.15) is 10.8 Å². The van der Waals surface area contributed by atoms with Gasteiger partial charge in [-0.15, -0.1) is 0 Å². The third kappa shape index (κ3) is 4.11. The van der Waals surface area contributed by atoms with Crippen molar-refractivity contribution in [2.24, 2.45) is 0 Å². The van der Waals surface area contributed by atoms with Gasteiger partial charge in [-0.2, -0.15) is 0 Å². The molecule has 0 spiro atoms. The van der Waals surface area contributed by atoms with Crippen LogP contribution in [0.25, 0.3) is 5.76 Å². The van der Waals surface area contributed by atoms with E-state index in [4.69, 9.17) is 32.7 Å². The van der Waals surface area contributed by atoms with Gasteiger partial charge >= 0.3 is 0 Å². The molecule has 2 heterocycles. The van der Waals surface area contributed by atoms with E-state index in [1.54, 1.807) is 30.6 Å². The lowest BCUT2D eigenvalue weighted by Crippen LogP contribution is -2.29. The van der Waals surface area contributed by atoms with E-state index in [0.29, 0.717) is 11.3 Å². The highest BCUT2D eigenvalue weighted by Gasteiger charge is 2.47. The van der Waals surface area contributed by atoms with Crippen molar-refractivity contribution >= 4 is 46.3 Å². The molecule has 3 aromatic rings. The minimum absolute atomic E-state index is 0.0212. The molecule has 1 N–H and O–H groups in total. The molecular formula is C26H22Cl2N2O5. The SMILES string of the molecule is COc1c(Cl)cc(/C(O)=C2\C(=O)C(=O)N(c3ccc(C)c(C)c3)C2c2ccncc2)c(OC)c1Cl. The zero-order chi connectivity index (χ0) is 25.4. The Hall–Kier alpha value is -3.55. The van der Waals surface area contributed by atoms with Crippen LogP contribution in [0.15, 0.2) is 54.4 Å². The zero-order valence-corrected chi connectivity index (χ0v) is 20.9. The predicted molar refractivity (Wildman–Crippen MR) is 135 cm³/mol. The summed E-state index contributed by atoms with van der Waals surface area (Å²) in [4.78, 5) is 32.1. The molecular weight excluding hydrogens is 491 g/mol. The summed E-state index contributed by atoms with van der Waals surface area (Å²) < 4.78 is 10.6. The zero-order valence-electron chi connectivity index (χ0n) is 19.4. The number of hydrogen-bond acceptors (Lipinski definition) is 6. The van der Waals surface area contributed by atoms with E-state index < -0.39 is 23.5 Å². The Morgan fingerprint density at radius 1 is 0.971 bits per heavy atom. The summed E-state index contributed by atoms with van der Waals surface area (Å²) in [6, 6.07) is 9.29. The second-order valence-electron chi connectivity index (χ2n) is 8.00. The van der Waals surface area contributed by atoms with E-state index in [2.05, 4.69) is 4.98 Å². The van der Waals surface area contributed by atoms with Crippen molar-refractivity contribution in [1.82, 2.24) is 4.98 Å². The summed E-state index contributed by atoms with van der Waals surface area (Å²) in [5, 5.41) is 11.6. The van der Waals surface area contributed by atoms with E-state index in [1.807, 2.05) is 26.0 Å². The number of rotatable bonds is 5. The van der Waals surface area contributed by atoms with Crippen molar-refractivity contribution in [2.45, 2.75) is 19.9 Å². The first-order chi connectivity index (χ1) is 16.7. The van der Waals surface area contributed by atoms with Gasteiger partial charge in [0.25, 0.3) is 11.7 Å². The Kier molecular flexibility index (Phi) is 6.74. The van der Waals surface area contributed by atoms with Gasteiger partial charge in [0.15, 0.2) is 11.5 Å². The smallest absolute Gasteiger partial charge is 0.300 e. The topological polar surface area (TPSA) is 89.0 Å². The quantitative estimate of drug-likeness (QED) is 0.270. The summed E-state index contributed by atoms with van der Waals surface area (Å²) in [5.41, 5.74) is 3.03. The maximum absolute atomic E-state index is 13.4. The van der Waals surface area contributed by atoms with Crippen LogP contribution in [0.1, 0.15) is 28.3 Å². The van der Waals surface area contributed by atoms with Crippen molar-refractivity contribution in [2.75, 3.05) is 19.1 Å². The maximum atomic E-state index is 13.4. The minimum Gasteiger partial charge on any atom is -0.507 e. The van der Waals surface area contributed by atoms with Crippen LogP contribution in [0.3, 0.4) is 0 Å². The average Bonchev–Trinajstić information content (AvgIpc) is 3.11. The molecule has 1 unspecified atom stereocenters. The number of pyridine rings is 1. The number of methoxy groups -OCH3 is 2. The number of aryl methyl sites for hydroxylation is 2. The number of carbonyl (C=O) groups excluding carboxylic acids is 2. The van der Waals surface area contributed by atoms with Crippen LogP contribution >= 0.6 is 23.2 Å². The van der Waals surface area contributed by atoms with Gasteiger partial charge in [0, 0.05) is 18.1 Å². The first-order valence-corrected chi connectivity index (χ1v) is 11.3. The van der Waals surface area contributed by atoms with Gasteiger partial charge in [-0.1, -0.05) is 29.3 Å². The fraction of sp³-hybridized carbons (Fsp3) is 0.192. The van der Waals surface area contributed by atoms with Gasteiger partial charge in [-0.3, -0.25) is 19.5 Å². The lowest BCUT2D eigenvalue weighted by Gasteiger charge is -2.26. The summed E-state index contributed by atoms with van der Waals surface area (Å²) in [6.07, 6.45) is 3.11. The Morgan fingerprint density at radius 2 is 1.63 bits per heavy atom. The number of amides is 1. The molecule has 1 atom stereocenters. The van der Waals surface area contributed by atoms with Gasteiger partial charge in [0.2, 0.25) is 0 Å². The first kappa shape index (κ1) is 24.6. The van der Waals surface area contributed by atoms with Crippen molar-refractivity contribution in [3.8, 4) is 11.5 Å². The Balaban J connectivity index is 2.01. The Bertz CT molecular complexity index is 1370. The van der Waals surface area contributed by atoms with E-state index >= 15 is 0 Å². The molecule has 180 valence electrons. The predicted octanol–water partition coefficient (Wildman–Crippen LogP) is 5.65. The number of aliphatic hydroxyl groups excluding tert-OH is 1. The highest BCUT2D eigenvalue weighted by atomic mass is 35.5.